The van der Waals surface area contributed by atoms with E-state index in [2.05, 4.69) is 0 Å². The number of benzene rings is 2. The average molecular weight is 370 g/mol. The highest BCUT2D eigenvalue weighted by molar-refractivity contribution is 5.97. The molecule has 0 aromatic heterocycles. The quantitative estimate of drug-likeness (QED) is 0.840. The minimum Gasteiger partial charge on any atom is -0.507 e. The molecule has 0 radical (unpaired) electrons. The summed E-state index contributed by atoms with van der Waals surface area (Å²) in [5.41, 5.74) is 2.07. The summed E-state index contributed by atoms with van der Waals surface area (Å²) >= 11 is 0. The first-order valence-corrected chi connectivity index (χ1v) is 9.07. The van der Waals surface area contributed by atoms with Crippen LogP contribution in [0.1, 0.15) is 40.1 Å². The maximum absolute atomic E-state index is 14.3. The van der Waals surface area contributed by atoms with Crippen LogP contribution in [0.15, 0.2) is 36.4 Å². The first kappa shape index (κ1) is 18.9. The Morgan fingerprint density at radius 3 is 2.37 bits per heavy atom. The van der Waals surface area contributed by atoms with E-state index in [1.54, 1.807) is 35.2 Å². The summed E-state index contributed by atoms with van der Waals surface area (Å²) in [7, 11) is 0. The number of phenolic OH excluding ortho intramolecular Hbond substituents is 1. The maximum Gasteiger partial charge on any atom is 0.257 e. The Kier molecular flexibility index (Phi) is 5.44. The molecule has 0 atom stereocenters. The Morgan fingerprint density at radius 1 is 1.07 bits per heavy atom. The third-order valence-electron chi connectivity index (χ3n) is 4.96. The molecule has 1 aliphatic heterocycles. The standard InChI is InChI=1S/C21H23FN2O3/c1-3-15-4-7-20(26)17(12-15)21(27)24-10-8-23(9-11-24)19-6-5-16(14(2)25)13-18(19)22/h4-7,12-13,26H,3,8-11H2,1-2H3. The number of anilines is 1. The van der Waals surface area contributed by atoms with Crippen LogP contribution in [-0.4, -0.2) is 47.9 Å². The van der Waals surface area contributed by atoms with Crippen molar-refractivity contribution in [1.29, 1.82) is 0 Å². The Hall–Kier alpha value is -2.89. The third-order valence-corrected chi connectivity index (χ3v) is 4.96. The number of halogens is 1. The molecule has 0 bridgehead atoms. The number of Topliss-reactive ketones (excluding diaryl/α,β-unsaturated/α-hetero) is 1. The fourth-order valence-corrected chi connectivity index (χ4v) is 3.28. The van der Waals surface area contributed by atoms with Gasteiger partial charge < -0.3 is 14.9 Å². The van der Waals surface area contributed by atoms with E-state index >= 15 is 0 Å². The fraction of sp³-hybridized carbons (Fsp3) is 0.333. The van der Waals surface area contributed by atoms with Gasteiger partial charge in [-0.25, -0.2) is 4.39 Å². The predicted octanol–water partition coefficient (Wildman–Crippen LogP) is 3.26. The van der Waals surface area contributed by atoms with Gasteiger partial charge in [-0.05, 0) is 49.2 Å². The van der Waals surface area contributed by atoms with Gasteiger partial charge in [0.05, 0.1) is 11.3 Å². The van der Waals surface area contributed by atoms with E-state index in [0.29, 0.717) is 43.0 Å². The van der Waals surface area contributed by atoms with Crippen molar-refractivity contribution in [3.05, 3.63) is 58.9 Å². The van der Waals surface area contributed by atoms with Crippen molar-refractivity contribution in [3.63, 3.8) is 0 Å². The molecule has 1 amide bonds. The molecule has 1 fully saturated rings. The molecule has 1 N–H and O–H groups in total. The van der Waals surface area contributed by atoms with Crippen LogP contribution in [0.25, 0.3) is 0 Å². The lowest BCUT2D eigenvalue weighted by molar-refractivity contribution is 0.0743. The number of amides is 1. The van der Waals surface area contributed by atoms with Crippen molar-refractivity contribution >= 4 is 17.4 Å². The Balaban J connectivity index is 1.70. The van der Waals surface area contributed by atoms with Crippen LogP contribution in [0.3, 0.4) is 0 Å². The second-order valence-electron chi connectivity index (χ2n) is 6.71. The van der Waals surface area contributed by atoms with E-state index < -0.39 is 5.82 Å². The van der Waals surface area contributed by atoms with Crippen molar-refractivity contribution in [2.75, 3.05) is 31.1 Å². The van der Waals surface area contributed by atoms with Crippen LogP contribution in [0.2, 0.25) is 0 Å². The highest BCUT2D eigenvalue weighted by Gasteiger charge is 2.25. The molecule has 1 saturated heterocycles. The van der Waals surface area contributed by atoms with Gasteiger partial charge in [-0.15, -0.1) is 0 Å². The lowest BCUT2D eigenvalue weighted by Gasteiger charge is -2.36. The topological polar surface area (TPSA) is 60.9 Å². The van der Waals surface area contributed by atoms with Crippen LogP contribution >= 0.6 is 0 Å². The number of hydrogen-bond donors (Lipinski definition) is 1. The van der Waals surface area contributed by atoms with Gasteiger partial charge in [-0.2, -0.15) is 0 Å². The molecule has 27 heavy (non-hydrogen) atoms. The van der Waals surface area contributed by atoms with Crippen molar-refractivity contribution in [3.8, 4) is 5.75 Å². The molecule has 0 spiro atoms. The number of hydrogen-bond acceptors (Lipinski definition) is 4. The number of aromatic hydroxyl groups is 1. The SMILES string of the molecule is CCc1ccc(O)c(C(=O)N2CCN(c3ccc(C(C)=O)cc3F)CC2)c1. The van der Waals surface area contributed by atoms with E-state index in [0.717, 1.165) is 12.0 Å². The van der Waals surface area contributed by atoms with Crippen molar-refractivity contribution in [2.24, 2.45) is 0 Å². The van der Waals surface area contributed by atoms with Crippen molar-refractivity contribution < 1.29 is 19.1 Å². The number of rotatable bonds is 4. The van der Waals surface area contributed by atoms with Crippen LogP contribution in [0.4, 0.5) is 10.1 Å². The lowest BCUT2D eigenvalue weighted by atomic mass is 10.1. The van der Waals surface area contributed by atoms with Gasteiger partial charge in [-0.3, -0.25) is 9.59 Å². The van der Waals surface area contributed by atoms with E-state index in [9.17, 15) is 19.1 Å². The van der Waals surface area contributed by atoms with Crippen LogP contribution in [-0.2, 0) is 6.42 Å². The normalized spacial score (nSPS) is 14.3. The van der Waals surface area contributed by atoms with Gasteiger partial charge in [0.15, 0.2) is 5.78 Å². The van der Waals surface area contributed by atoms with Gasteiger partial charge in [0.1, 0.15) is 11.6 Å². The Bertz CT molecular complexity index is 874. The molecule has 0 aliphatic carbocycles. The molecule has 142 valence electrons. The zero-order chi connectivity index (χ0) is 19.6. The molecule has 5 nitrogen and oxygen atoms in total. The van der Waals surface area contributed by atoms with Gasteiger partial charge >= 0.3 is 0 Å². The Morgan fingerprint density at radius 2 is 1.78 bits per heavy atom. The molecule has 6 heteroatoms. The van der Waals surface area contributed by atoms with E-state index in [4.69, 9.17) is 0 Å². The molecular formula is C21H23FN2O3. The molecule has 1 heterocycles. The first-order chi connectivity index (χ1) is 12.9. The van der Waals surface area contributed by atoms with Crippen LogP contribution in [0, 0.1) is 5.82 Å². The van der Waals surface area contributed by atoms with Gasteiger partial charge in [0.2, 0.25) is 0 Å². The number of ketones is 1. The monoisotopic (exact) mass is 370 g/mol. The number of piperazine rings is 1. The molecular weight excluding hydrogens is 347 g/mol. The molecule has 2 aromatic rings. The number of carbonyl (C=O) groups excluding carboxylic acids is 2. The van der Waals surface area contributed by atoms with E-state index in [1.165, 1.54) is 13.0 Å². The zero-order valence-electron chi connectivity index (χ0n) is 15.5. The number of phenols is 1. The summed E-state index contributed by atoms with van der Waals surface area (Å²) in [6, 6.07) is 9.56. The minimum absolute atomic E-state index is 0.0227. The number of aryl methyl sites for hydroxylation is 1. The largest absolute Gasteiger partial charge is 0.507 e. The molecule has 0 saturated carbocycles. The first-order valence-electron chi connectivity index (χ1n) is 9.07. The van der Waals surface area contributed by atoms with Gasteiger partial charge in [0.25, 0.3) is 5.91 Å². The number of nitrogens with zero attached hydrogens (tertiary/aromatic N) is 2. The highest BCUT2D eigenvalue weighted by Crippen LogP contribution is 2.25. The summed E-state index contributed by atoms with van der Waals surface area (Å²) in [6.45, 7) is 5.23. The zero-order valence-corrected chi connectivity index (χ0v) is 15.5. The average Bonchev–Trinajstić information content (AvgIpc) is 2.68. The highest BCUT2D eigenvalue weighted by atomic mass is 19.1. The van der Waals surface area contributed by atoms with Crippen molar-refractivity contribution in [2.45, 2.75) is 20.3 Å². The predicted molar refractivity (Wildman–Crippen MR) is 102 cm³/mol. The van der Waals surface area contributed by atoms with E-state index in [1.807, 2.05) is 11.8 Å². The lowest BCUT2D eigenvalue weighted by Crippen LogP contribution is -2.49. The maximum atomic E-state index is 14.3. The number of carbonyl (C=O) groups is 2. The van der Waals surface area contributed by atoms with Crippen LogP contribution < -0.4 is 4.90 Å². The summed E-state index contributed by atoms with van der Waals surface area (Å²) < 4.78 is 14.3. The second-order valence-corrected chi connectivity index (χ2v) is 6.71. The summed E-state index contributed by atoms with van der Waals surface area (Å²) in [5.74, 6) is -0.846. The molecule has 3 rings (SSSR count). The minimum atomic E-state index is -0.434. The summed E-state index contributed by atoms with van der Waals surface area (Å²) in [6.07, 6.45) is 0.782. The molecule has 2 aromatic carbocycles. The Labute approximate surface area is 158 Å². The third kappa shape index (κ3) is 3.94. The smallest absolute Gasteiger partial charge is 0.257 e. The van der Waals surface area contributed by atoms with Gasteiger partial charge in [-0.1, -0.05) is 13.0 Å². The summed E-state index contributed by atoms with van der Waals surface area (Å²) in [5, 5.41) is 10.0. The second kappa shape index (κ2) is 7.78. The van der Waals surface area contributed by atoms with Crippen LogP contribution in [0.5, 0.6) is 5.75 Å². The summed E-state index contributed by atoms with van der Waals surface area (Å²) in [4.78, 5) is 27.7. The van der Waals surface area contributed by atoms with E-state index in [-0.39, 0.29) is 17.4 Å². The van der Waals surface area contributed by atoms with Crippen molar-refractivity contribution in [1.82, 2.24) is 4.90 Å². The molecule has 1 aliphatic rings. The molecule has 0 unspecified atom stereocenters. The fourth-order valence-electron chi connectivity index (χ4n) is 3.28. The van der Waals surface area contributed by atoms with Gasteiger partial charge in [0, 0.05) is 31.7 Å².